The van der Waals surface area contributed by atoms with Gasteiger partial charge in [-0.2, -0.15) is 4.68 Å². The minimum atomic E-state index is -0.521. The summed E-state index contributed by atoms with van der Waals surface area (Å²) in [7, 11) is 0. The first-order valence-electron chi connectivity index (χ1n) is 7.48. The highest BCUT2D eigenvalue weighted by molar-refractivity contribution is 6.07. The number of tetrazole rings is 1. The summed E-state index contributed by atoms with van der Waals surface area (Å²) in [4.78, 5) is 23.9. The number of benzene rings is 2. The van der Waals surface area contributed by atoms with Gasteiger partial charge in [0.15, 0.2) is 0 Å². The summed E-state index contributed by atoms with van der Waals surface area (Å²) in [5, 5.41) is 14.1. The SMILES string of the molecule is O=C(Nc1ccc2oc(=O)ccc2c1)c1ccc(F)cc1-n1cnnn1. The Hall–Kier alpha value is -3.88. The molecule has 0 aliphatic carbocycles. The van der Waals surface area contributed by atoms with Gasteiger partial charge in [-0.1, -0.05) is 0 Å². The van der Waals surface area contributed by atoms with Gasteiger partial charge in [0, 0.05) is 23.2 Å². The molecule has 128 valence electrons. The van der Waals surface area contributed by atoms with Crippen LogP contribution >= 0.6 is 0 Å². The van der Waals surface area contributed by atoms with Crippen LogP contribution in [0.5, 0.6) is 0 Å². The van der Waals surface area contributed by atoms with Crippen LogP contribution in [0.1, 0.15) is 10.4 Å². The van der Waals surface area contributed by atoms with Crippen molar-refractivity contribution in [1.82, 2.24) is 20.2 Å². The molecule has 0 unspecified atom stereocenters. The molecule has 0 spiro atoms. The van der Waals surface area contributed by atoms with E-state index >= 15 is 0 Å². The Kier molecular flexibility index (Phi) is 3.73. The van der Waals surface area contributed by atoms with Gasteiger partial charge in [-0.05, 0) is 46.8 Å². The second kappa shape index (κ2) is 6.20. The van der Waals surface area contributed by atoms with Crippen LogP contribution in [0.4, 0.5) is 10.1 Å². The quantitative estimate of drug-likeness (QED) is 0.567. The van der Waals surface area contributed by atoms with Crippen LogP contribution in [0, 0.1) is 5.82 Å². The summed E-state index contributed by atoms with van der Waals surface area (Å²) in [6, 6.07) is 11.4. The number of halogens is 1. The van der Waals surface area contributed by atoms with E-state index in [0.717, 1.165) is 0 Å². The minimum Gasteiger partial charge on any atom is -0.423 e. The molecule has 0 bridgehead atoms. The highest BCUT2D eigenvalue weighted by atomic mass is 19.1. The summed E-state index contributed by atoms with van der Waals surface area (Å²) in [5.41, 5.74) is 0.847. The van der Waals surface area contributed by atoms with Crippen molar-refractivity contribution in [3.63, 3.8) is 0 Å². The lowest BCUT2D eigenvalue weighted by molar-refractivity contribution is 0.102. The molecule has 2 aromatic heterocycles. The third-order valence-electron chi connectivity index (χ3n) is 3.68. The van der Waals surface area contributed by atoms with Crippen LogP contribution in [0.25, 0.3) is 16.7 Å². The fraction of sp³-hybridized carbons (Fsp3) is 0. The van der Waals surface area contributed by atoms with E-state index in [9.17, 15) is 14.0 Å². The smallest absolute Gasteiger partial charge is 0.336 e. The van der Waals surface area contributed by atoms with Crippen molar-refractivity contribution in [3.8, 4) is 5.69 Å². The predicted octanol–water partition coefficient (Wildman–Crippen LogP) is 2.16. The van der Waals surface area contributed by atoms with Crippen LogP contribution in [0.3, 0.4) is 0 Å². The van der Waals surface area contributed by atoms with Crippen molar-refractivity contribution in [2.75, 3.05) is 5.32 Å². The molecule has 0 fully saturated rings. The summed E-state index contributed by atoms with van der Waals surface area (Å²) in [6.07, 6.45) is 1.27. The molecule has 2 aromatic carbocycles. The molecule has 26 heavy (non-hydrogen) atoms. The minimum absolute atomic E-state index is 0.193. The standard InChI is InChI=1S/C17H10FN5O3/c18-11-2-4-13(14(8-11)23-9-19-21-22-23)17(25)20-12-3-5-15-10(7-12)1-6-16(24)26-15/h1-9H,(H,20,25). The number of nitrogens with zero attached hydrogens (tertiary/aromatic N) is 4. The molecule has 0 saturated carbocycles. The molecule has 0 aliphatic heterocycles. The van der Waals surface area contributed by atoms with E-state index in [-0.39, 0.29) is 11.3 Å². The molecule has 0 atom stereocenters. The zero-order chi connectivity index (χ0) is 18.1. The van der Waals surface area contributed by atoms with Gasteiger partial charge < -0.3 is 9.73 Å². The van der Waals surface area contributed by atoms with Crippen LogP contribution in [0.15, 0.2) is 64.1 Å². The molecular formula is C17H10FN5O3. The lowest BCUT2D eigenvalue weighted by Crippen LogP contribution is -2.15. The monoisotopic (exact) mass is 351 g/mol. The Labute approximate surface area is 144 Å². The number of hydrogen-bond acceptors (Lipinski definition) is 6. The third-order valence-corrected chi connectivity index (χ3v) is 3.68. The van der Waals surface area contributed by atoms with Gasteiger partial charge in [-0.15, -0.1) is 5.10 Å². The predicted molar refractivity (Wildman–Crippen MR) is 89.5 cm³/mol. The molecule has 0 aliphatic rings. The normalized spacial score (nSPS) is 10.8. The summed E-state index contributed by atoms with van der Waals surface area (Å²) >= 11 is 0. The second-order valence-electron chi connectivity index (χ2n) is 5.38. The average Bonchev–Trinajstić information content (AvgIpc) is 3.16. The van der Waals surface area contributed by atoms with Crippen molar-refractivity contribution >= 4 is 22.6 Å². The fourth-order valence-corrected chi connectivity index (χ4v) is 2.51. The van der Waals surface area contributed by atoms with Crippen molar-refractivity contribution in [1.29, 1.82) is 0 Å². The fourth-order valence-electron chi connectivity index (χ4n) is 2.51. The molecule has 8 nitrogen and oxygen atoms in total. The maximum atomic E-state index is 13.6. The number of aromatic nitrogens is 4. The highest BCUT2D eigenvalue weighted by Gasteiger charge is 2.15. The zero-order valence-corrected chi connectivity index (χ0v) is 13.1. The molecule has 9 heteroatoms. The lowest BCUT2D eigenvalue weighted by atomic mass is 10.1. The van der Waals surface area contributed by atoms with Gasteiger partial charge >= 0.3 is 5.63 Å². The molecule has 1 amide bonds. The van der Waals surface area contributed by atoms with Crippen LogP contribution < -0.4 is 10.9 Å². The summed E-state index contributed by atoms with van der Waals surface area (Å²) in [5.74, 6) is -0.986. The van der Waals surface area contributed by atoms with Crippen LogP contribution in [-0.4, -0.2) is 26.1 Å². The van der Waals surface area contributed by atoms with E-state index in [4.69, 9.17) is 4.42 Å². The van der Waals surface area contributed by atoms with E-state index in [1.807, 2.05) is 0 Å². The van der Waals surface area contributed by atoms with E-state index in [1.54, 1.807) is 24.3 Å². The van der Waals surface area contributed by atoms with Gasteiger partial charge in [0.25, 0.3) is 5.91 Å². The molecule has 4 rings (SSSR count). The molecule has 0 radical (unpaired) electrons. The maximum absolute atomic E-state index is 13.6. The first-order valence-corrected chi connectivity index (χ1v) is 7.48. The van der Waals surface area contributed by atoms with Crippen LogP contribution in [0.2, 0.25) is 0 Å². The van der Waals surface area contributed by atoms with Gasteiger partial charge in [-0.25, -0.2) is 9.18 Å². The van der Waals surface area contributed by atoms with Crippen molar-refractivity contribution < 1.29 is 13.6 Å². The number of amides is 1. The van der Waals surface area contributed by atoms with Crippen molar-refractivity contribution in [3.05, 3.63) is 76.7 Å². The number of carbonyl (C=O) groups is 1. The number of anilines is 1. The van der Waals surface area contributed by atoms with Crippen molar-refractivity contribution in [2.45, 2.75) is 0 Å². The van der Waals surface area contributed by atoms with E-state index < -0.39 is 17.3 Å². The molecule has 2 heterocycles. The first kappa shape index (κ1) is 15.6. The lowest BCUT2D eigenvalue weighted by Gasteiger charge is -2.10. The van der Waals surface area contributed by atoms with E-state index in [1.165, 1.54) is 35.3 Å². The average molecular weight is 351 g/mol. The number of rotatable bonds is 3. The van der Waals surface area contributed by atoms with E-state index in [2.05, 4.69) is 20.8 Å². The first-order chi connectivity index (χ1) is 12.6. The topological polar surface area (TPSA) is 103 Å². The van der Waals surface area contributed by atoms with Gasteiger partial charge in [0.05, 0.1) is 11.3 Å². The van der Waals surface area contributed by atoms with Gasteiger partial charge in [-0.3, -0.25) is 4.79 Å². The highest BCUT2D eigenvalue weighted by Crippen LogP contribution is 2.20. The molecule has 1 N–H and O–H groups in total. The number of fused-ring (bicyclic) bond motifs is 1. The summed E-state index contributed by atoms with van der Waals surface area (Å²) < 4.78 is 19.8. The van der Waals surface area contributed by atoms with Gasteiger partial charge in [0.2, 0.25) is 0 Å². The zero-order valence-electron chi connectivity index (χ0n) is 13.1. The number of hydrogen-bond donors (Lipinski definition) is 1. The van der Waals surface area contributed by atoms with Crippen LogP contribution in [-0.2, 0) is 0 Å². The number of carbonyl (C=O) groups excluding carboxylic acids is 1. The maximum Gasteiger partial charge on any atom is 0.336 e. The molecule has 4 aromatic rings. The Balaban J connectivity index is 1.69. The summed E-state index contributed by atoms with van der Waals surface area (Å²) in [6.45, 7) is 0. The Morgan fingerprint density at radius 3 is 2.81 bits per heavy atom. The number of nitrogens with one attached hydrogen (secondary N) is 1. The Morgan fingerprint density at radius 2 is 2.00 bits per heavy atom. The molecule has 0 saturated heterocycles. The Morgan fingerprint density at radius 1 is 1.12 bits per heavy atom. The second-order valence-corrected chi connectivity index (χ2v) is 5.38. The van der Waals surface area contributed by atoms with Gasteiger partial charge in [0.1, 0.15) is 17.7 Å². The third kappa shape index (κ3) is 2.93. The Bertz CT molecular complexity index is 1170. The molecular weight excluding hydrogens is 341 g/mol. The van der Waals surface area contributed by atoms with Crippen molar-refractivity contribution in [2.24, 2.45) is 0 Å². The largest absolute Gasteiger partial charge is 0.423 e. The van der Waals surface area contributed by atoms with E-state index in [0.29, 0.717) is 16.7 Å².